The predicted octanol–water partition coefficient (Wildman–Crippen LogP) is 1.34. The maximum Gasteiger partial charge on any atom is 0.0817 e. The molecule has 0 radical (unpaired) electrons. The third kappa shape index (κ3) is 2.62. The van der Waals surface area contributed by atoms with Crippen LogP contribution in [0.2, 0.25) is 0 Å². The van der Waals surface area contributed by atoms with Gasteiger partial charge in [-0.3, -0.25) is 0 Å². The molecule has 8 heavy (non-hydrogen) atoms. The zero-order valence-electron chi connectivity index (χ0n) is 5.39. The summed E-state index contributed by atoms with van der Waals surface area (Å²) in [5, 5.41) is 8.97. The lowest BCUT2D eigenvalue weighted by Gasteiger charge is -2.05. The van der Waals surface area contributed by atoms with Crippen LogP contribution in [0, 0.1) is 5.92 Å². The number of rotatable bonds is 2. The summed E-state index contributed by atoms with van der Waals surface area (Å²) in [6.45, 7) is 7.23. The zero-order valence-corrected chi connectivity index (χ0v) is 5.39. The van der Waals surface area contributed by atoms with E-state index in [0.717, 1.165) is 0 Å². The molecule has 1 heteroatoms. The molecular formula is C7H12O. The SMILES string of the molecule is C=C=CC(O)C(C)C. The summed E-state index contributed by atoms with van der Waals surface area (Å²) < 4.78 is 0. The van der Waals surface area contributed by atoms with Crippen LogP contribution in [0.15, 0.2) is 18.4 Å². The van der Waals surface area contributed by atoms with Crippen molar-refractivity contribution in [1.29, 1.82) is 0 Å². The molecule has 0 bridgehead atoms. The fraction of sp³-hybridized carbons (Fsp3) is 0.571. The highest BCUT2D eigenvalue weighted by molar-refractivity contribution is 4.85. The first-order valence-corrected chi connectivity index (χ1v) is 2.72. The van der Waals surface area contributed by atoms with Crippen LogP contribution >= 0.6 is 0 Å². The first kappa shape index (κ1) is 7.48. The van der Waals surface area contributed by atoms with E-state index < -0.39 is 0 Å². The molecule has 0 aliphatic heterocycles. The Labute approximate surface area is 50.3 Å². The molecule has 1 atom stereocenters. The molecule has 1 unspecified atom stereocenters. The van der Waals surface area contributed by atoms with E-state index in [1.165, 1.54) is 0 Å². The van der Waals surface area contributed by atoms with Crippen LogP contribution in [0.25, 0.3) is 0 Å². The molecule has 0 aromatic carbocycles. The van der Waals surface area contributed by atoms with Crippen LogP contribution < -0.4 is 0 Å². The average molecular weight is 112 g/mol. The highest BCUT2D eigenvalue weighted by atomic mass is 16.3. The largest absolute Gasteiger partial charge is 0.388 e. The molecule has 0 amide bonds. The minimum absolute atomic E-state index is 0.268. The van der Waals surface area contributed by atoms with Gasteiger partial charge in [-0.25, -0.2) is 0 Å². The zero-order chi connectivity index (χ0) is 6.57. The molecule has 0 heterocycles. The van der Waals surface area contributed by atoms with Crippen LogP contribution in [0.1, 0.15) is 13.8 Å². The summed E-state index contributed by atoms with van der Waals surface area (Å²) in [5.74, 6) is 0.268. The molecule has 1 nitrogen and oxygen atoms in total. The third-order valence-electron chi connectivity index (χ3n) is 0.972. The maximum atomic E-state index is 8.97. The lowest BCUT2D eigenvalue weighted by Crippen LogP contribution is -2.09. The number of aliphatic hydroxyl groups excluding tert-OH is 1. The van der Waals surface area contributed by atoms with Gasteiger partial charge < -0.3 is 5.11 Å². The standard InChI is InChI=1S/C7H12O/c1-4-5-7(8)6(2)3/h5-8H,1H2,2-3H3. The highest BCUT2D eigenvalue weighted by Gasteiger charge is 2.01. The minimum atomic E-state index is -0.382. The molecule has 1 N–H and O–H groups in total. The van der Waals surface area contributed by atoms with Crippen LogP contribution in [0.3, 0.4) is 0 Å². The number of aliphatic hydroxyl groups is 1. The Morgan fingerprint density at radius 1 is 1.62 bits per heavy atom. The van der Waals surface area contributed by atoms with E-state index in [1.807, 2.05) is 13.8 Å². The fourth-order valence-electron chi connectivity index (χ4n) is 0.313. The van der Waals surface area contributed by atoms with Crippen molar-refractivity contribution in [2.75, 3.05) is 0 Å². The van der Waals surface area contributed by atoms with E-state index in [4.69, 9.17) is 5.11 Å². The van der Waals surface area contributed by atoms with E-state index in [9.17, 15) is 0 Å². The summed E-state index contributed by atoms with van der Waals surface area (Å²) in [6, 6.07) is 0. The number of hydrogen-bond donors (Lipinski definition) is 1. The second-order valence-electron chi connectivity index (χ2n) is 2.11. The van der Waals surface area contributed by atoms with E-state index in [0.29, 0.717) is 0 Å². The minimum Gasteiger partial charge on any atom is -0.388 e. The summed E-state index contributed by atoms with van der Waals surface area (Å²) in [4.78, 5) is 0. The summed E-state index contributed by atoms with van der Waals surface area (Å²) in [5.41, 5.74) is 2.52. The Bertz CT molecular complexity index is 99.0. The Hall–Kier alpha value is -0.520. The van der Waals surface area contributed by atoms with Crippen molar-refractivity contribution in [2.24, 2.45) is 5.92 Å². The summed E-state index contributed by atoms with van der Waals surface area (Å²) >= 11 is 0. The smallest absolute Gasteiger partial charge is 0.0817 e. The molecular weight excluding hydrogens is 100 g/mol. The Balaban J connectivity index is 3.63. The average Bonchev–Trinajstić information content (AvgIpc) is 1.67. The molecule has 0 aliphatic rings. The third-order valence-corrected chi connectivity index (χ3v) is 0.972. The van der Waals surface area contributed by atoms with Crippen molar-refractivity contribution in [1.82, 2.24) is 0 Å². The second kappa shape index (κ2) is 3.48. The summed E-state index contributed by atoms with van der Waals surface area (Å²) in [7, 11) is 0. The first-order valence-electron chi connectivity index (χ1n) is 2.72. The molecule has 0 aliphatic carbocycles. The lowest BCUT2D eigenvalue weighted by molar-refractivity contribution is 0.172. The maximum absolute atomic E-state index is 8.97. The monoisotopic (exact) mass is 112 g/mol. The molecule has 46 valence electrons. The molecule has 0 saturated heterocycles. The molecule has 0 aromatic heterocycles. The van der Waals surface area contributed by atoms with E-state index in [1.54, 1.807) is 6.08 Å². The van der Waals surface area contributed by atoms with E-state index in [2.05, 4.69) is 12.3 Å². The molecule has 0 fully saturated rings. The van der Waals surface area contributed by atoms with Gasteiger partial charge in [0, 0.05) is 0 Å². The second-order valence-corrected chi connectivity index (χ2v) is 2.11. The van der Waals surface area contributed by atoms with Crippen molar-refractivity contribution in [3.05, 3.63) is 18.4 Å². The fourth-order valence-corrected chi connectivity index (χ4v) is 0.313. The van der Waals surface area contributed by atoms with Crippen molar-refractivity contribution >= 4 is 0 Å². The summed E-state index contributed by atoms with van der Waals surface area (Å²) in [6.07, 6.45) is 1.18. The van der Waals surface area contributed by atoms with E-state index >= 15 is 0 Å². The Kier molecular flexibility index (Phi) is 3.25. The van der Waals surface area contributed by atoms with Crippen LogP contribution in [-0.2, 0) is 0 Å². The molecule has 0 spiro atoms. The van der Waals surface area contributed by atoms with Gasteiger partial charge in [0.15, 0.2) is 0 Å². The first-order chi connectivity index (χ1) is 3.68. The van der Waals surface area contributed by atoms with Gasteiger partial charge in [-0.1, -0.05) is 20.4 Å². The van der Waals surface area contributed by atoms with Gasteiger partial charge in [0.05, 0.1) is 6.10 Å². The normalized spacial score (nSPS) is 13.0. The highest BCUT2D eigenvalue weighted by Crippen LogP contribution is 2.00. The van der Waals surface area contributed by atoms with Crippen molar-refractivity contribution < 1.29 is 5.11 Å². The molecule has 0 saturated carbocycles. The van der Waals surface area contributed by atoms with Gasteiger partial charge in [0.1, 0.15) is 0 Å². The van der Waals surface area contributed by atoms with E-state index in [-0.39, 0.29) is 12.0 Å². The van der Waals surface area contributed by atoms with Gasteiger partial charge in [-0.15, -0.1) is 5.73 Å². The molecule has 0 rings (SSSR count). The predicted molar refractivity (Wildman–Crippen MR) is 34.6 cm³/mol. The van der Waals surface area contributed by atoms with Gasteiger partial charge in [-0.2, -0.15) is 0 Å². The lowest BCUT2D eigenvalue weighted by atomic mass is 10.1. The Morgan fingerprint density at radius 3 is 2.25 bits per heavy atom. The van der Waals surface area contributed by atoms with Gasteiger partial charge >= 0.3 is 0 Å². The number of hydrogen-bond acceptors (Lipinski definition) is 1. The van der Waals surface area contributed by atoms with Crippen molar-refractivity contribution in [3.8, 4) is 0 Å². The topological polar surface area (TPSA) is 20.2 Å². The Morgan fingerprint density at radius 2 is 2.12 bits per heavy atom. The molecule has 0 aromatic rings. The van der Waals surface area contributed by atoms with Crippen LogP contribution in [-0.4, -0.2) is 11.2 Å². The van der Waals surface area contributed by atoms with Gasteiger partial charge in [-0.05, 0) is 12.0 Å². The van der Waals surface area contributed by atoms with Crippen molar-refractivity contribution in [2.45, 2.75) is 20.0 Å². The van der Waals surface area contributed by atoms with Crippen LogP contribution in [0.5, 0.6) is 0 Å². The quantitative estimate of drug-likeness (QED) is 0.534. The van der Waals surface area contributed by atoms with Crippen molar-refractivity contribution in [3.63, 3.8) is 0 Å². The van der Waals surface area contributed by atoms with Gasteiger partial charge in [0.2, 0.25) is 0 Å². The van der Waals surface area contributed by atoms with Gasteiger partial charge in [0.25, 0.3) is 0 Å². The van der Waals surface area contributed by atoms with Crippen LogP contribution in [0.4, 0.5) is 0 Å².